The third-order valence-corrected chi connectivity index (χ3v) is 6.37. The first-order valence-electron chi connectivity index (χ1n) is 9.86. The van der Waals surface area contributed by atoms with Crippen LogP contribution in [0, 0.1) is 0 Å². The molecule has 1 fully saturated rings. The van der Waals surface area contributed by atoms with Crippen molar-refractivity contribution >= 4 is 28.5 Å². The molecular weight excluding hydrogens is 370 g/mol. The number of esters is 1. The number of nitrogens with zero attached hydrogens (tertiary/aromatic N) is 3. The molecule has 1 aromatic heterocycles. The second-order valence-electron chi connectivity index (χ2n) is 7.24. The van der Waals surface area contributed by atoms with Gasteiger partial charge in [-0.3, -0.25) is 4.79 Å². The molecule has 6 heteroatoms. The summed E-state index contributed by atoms with van der Waals surface area (Å²) < 4.78 is 7.08. The lowest BCUT2D eigenvalue weighted by molar-refractivity contribution is -0.137. The summed E-state index contributed by atoms with van der Waals surface area (Å²) in [6.07, 6.45) is 6.79. The summed E-state index contributed by atoms with van der Waals surface area (Å²) in [6, 6.07) is 15.3. The van der Waals surface area contributed by atoms with Crippen molar-refractivity contribution in [2.75, 3.05) is 12.9 Å². The Balaban J connectivity index is 1.67. The van der Waals surface area contributed by atoms with E-state index in [4.69, 9.17) is 4.74 Å². The Kier molecular flexibility index (Phi) is 5.95. The van der Waals surface area contributed by atoms with Crippen molar-refractivity contribution in [3.05, 3.63) is 53.9 Å². The Hall–Kier alpha value is -2.34. The number of hydrogen-bond acceptors (Lipinski definition) is 5. The fourth-order valence-corrected chi connectivity index (χ4v) is 4.89. The number of methoxy groups -OCH3 is 1. The molecule has 0 bridgehead atoms. The zero-order valence-electron chi connectivity index (χ0n) is 16.1. The van der Waals surface area contributed by atoms with E-state index in [1.165, 1.54) is 54.5 Å². The number of rotatable bonds is 6. The Morgan fingerprint density at radius 1 is 1.11 bits per heavy atom. The summed E-state index contributed by atoms with van der Waals surface area (Å²) in [5.74, 6) is 1.00. The maximum Gasteiger partial charge on any atom is 0.316 e. The van der Waals surface area contributed by atoms with Crippen LogP contribution in [0.1, 0.15) is 49.5 Å². The normalized spacial score (nSPS) is 15.0. The number of hydrogen-bond donors (Lipinski definition) is 0. The highest BCUT2D eigenvalue weighted by atomic mass is 32.2. The highest BCUT2D eigenvalue weighted by Crippen LogP contribution is 2.33. The summed E-state index contributed by atoms with van der Waals surface area (Å²) in [5, 5.41) is 12.3. The first-order chi connectivity index (χ1) is 13.8. The lowest BCUT2D eigenvalue weighted by Gasteiger charge is -2.25. The van der Waals surface area contributed by atoms with E-state index in [1.807, 2.05) is 0 Å². The van der Waals surface area contributed by atoms with E-state index < -0.39 is 0 Å². The molecule has 28 heavy (non-hydrogen) atoms. The first-order valence-corrected chi connectivity index (χ1v) is 10.8. The van der Waals surface area contributed by atoms with Gasteiger partial charge in [-0.2, -0.15) is 0 Å². The topological polar surface area (TPSA) is 57.0 Å². The van der Waals surface area contributed by atoms with Crippen molar-refractivity contribution in [2.24, 2.45) is 0 Å². The van der Waals surface area contributed by atoms with E-state index in [-0.39, 0.29) is 11.7 Å². The zero-order chi connectivity index (χ0) is 19.3. The quantitative estimate of drug-likeness (QED) is 0.443. The fourth-order valence-electron chi connectivity index (χ4n) is 4.03. The molecule has 3 aromatic rings. The molecule has 0 N–H and O–H groups in total. The number of fused-ring (bicyclic) bond motifs is 1. The van der Waals surface area contributed by atoms with Crippen molar-refractivity contribution in [3.8, 4) is 0 Å². The predicted octanol–water partition coefficient (Wildman–Crippen LogP) is 4.79. The predicted molar refractivity (Wildman–Crippen MR) is 112 cm³/mol. The Morgan fingerprint density at radius 3 is 2.71 bits per heavy atom. The molecule has 1 aliphatic rings. The van der Waals surface area contributed by atoms with Crippen LogP contribution in [0.5, 0.6) is 0 Å². The summed E-state index contributed by atoms with van der Waals surface area (Å²) in [5.41, 5.74) is 1.26. The van der Waals surface area contributed by atoms with Crippen LogP contribution in [-0.4, -0.2) is 33.6 Å². The minimum Gasteiger partial charge on any atom is -0.468 e. The smallest absolute Gasteiger partial charge is 0.316 e. The number of aromatic nitrogens is 3. The van der Waals surface area contributed by atoms with Gasteiger partial charge in [-0.15, -0.1) is 10.2 Å². The molecule has 1 aliphatic carbocycles. The molecule has 0 saturated heterocycles. The van der Waals surface area contributed by atoms with Gasteiger partial charge in [0.1, 0.15) is 5.82 Å². The zero-order valence-corrected chi connectivity index (χ0v) is 17.0. The number of carbonyl (C=O) groups is 1. The van der Waals surface area contributed by atoms with Gasteiger partial charge in [0.05, 0.1) is 12.9 Å². The molecule has 0 aliphatic heterocycles. The van der Waals surface area contributed by atoms with Crippen LogP contribution in [0.4, 0.5) is 0 Å². The van der Waals surface area contributed by atoms with Gasteiger partial charge in [-0.25, -0.2) is 0 Å². The molecular formula is C22H25N3O2S. The van der Waals surface area contributed by atoms with Crippen LogP contribution in [0.3, 0.4) is 0 Å². The molecule has 1 saturated carbocycles. The van der Waals surface area contributed by atoms with Gasteiger partial charge in [-0.1, -0.05) is 73.5 Å². The second-order valence-corrected chi connectivity index (χ2v) is 8.18. The van der Waals surface area contributed by atoms with Crippen LogP contribution in [0.25, 0.3) is 10.8 Å². The van der Waals surface area contributed by atoms with Gasteiger partial charge in [0.2, 0.25) is 0 Å². The minimum absolute atomic E-state index is 0.237. The van der Waals surface area contributed by atoms with Crippen LogP contribution in [0.15, 0.2) is 47.6 Å². The maximum absolute atomic E-state index is 11.6. The van der Waals surface area contributed by atoms with E-state index in [1.54, 1.807) is 0 Å². The van der Waals surface area contributed by atoms with E-state index >= 15 is 0 Å². The van der Waals surface area contributed by atoms with Crippen LogP contribution in [0.2, 0.25) is 0 Å². The van der Waals surface area contributed by atoms with Gasteiger partial charge in [0, 0.05) is 12.5 Å². The number of benzene rings is 2. The van der Waals surface area contributed by atoms with Crippen LogP contribution in [-0.2, 0) is 16.0 Å². The SMILES string of the molecule is COC(=O)CSc1nnc(Cc2cccc3ccccc23)n1C1CCCCC1. The van der Waals surface area contributed by atoms with E-state index in [0.717, 1.165) is 30.2 Å². The van der Waals surface area contributed by atoms with E-state index in [2.05, 4.69) is 57.2 Å². The van der Waals surface area contributed by atoms with Crippen molar-refractivity contribution in [1.29, 1.82) is 0 Å². The first kappa shape index (κ1) is 19.0. The molecule has 0 amide bonds. The monoisotopic (exact) mass is 395 g/mol. The number of carbonyl (C=O) groups excluding carboxylic acids is 1. The molecule has 4 rings (SSSR count). The second kappa shape index (κ2) is 8.78. The lowest BCUT2D eigenvalue weighted by atomic mass is 9.95. The molecule has 0 unspecified atom stereocenters. The van der Waals surface area contributed by atoms with E-state index in [0.29, 0.717) is 6.04 Å². The molecule has 5 nitrogen and oxygen atoms in total. The Bertz CT molecular complexity index is 958. The molecule has 1 heterocycles. The molecule has 0 radical (unpaired) electrons. The third kappa shape index (κ3) is 4.07. The maximum atomic E-state index is 11.6. The summed E-state index contributed by atoms with van der Waals surface area (Å²) in [7, 11) is 1.42. The van der Waals surface area contributed by atoms with Gasteiger partial charge in [-0.05, 0) is 29.2 Å². The molecule has 0 atom stereocenters. The molecule has 146 valence electrons. The average Bonchev–Trinajstić information content (AvgIpc) is 3.15. The highest BCUT2D eigenvalue weighted by Gasteiger charge is 2.24. The molecule has 2 aromatic carbocycles. The van der Waals surface area contributed by atoms with Crippen LogP contribution < -0.4 is 0 Å². The number of thioether (sulfide) groups is 1. The fraction of sp³-hybridized carbons (Fsp3) is 0.409. The van der Waals surface area contributed by atoms with Crippen molar-refractivity contribution in [1.82, 2.24) is 14.8 Å². The minimum atomic E-state index is -0.237. The highest BCUT2D eigenvalue weighted by molar-refractivity contribution is 7.99. The average molecular weight is 396 g/mol. The summed E-state index contributed by atoms with van der Waals surface area (Å²) in [6.45, 7) is 0. The Labute approximate surface area is 169 Å². The Morgan fingerprint density at radius 2 is 1.89 bits per heavy atom. The van der Waals surface area contributed by atoms with Crippen molar-refractivity contribution in [2.45, 2.75) is 49.7 Å². The standard InChI is InChI=1S/C22H25N3O2S/c1-27-21(26)15-28-22-24-23-20(25(22)18-11-3-2-4-12-18)14-17-10-7-9-16-8-5-6-13-19(16)17/h5-10,13,18H,2-4,11-12,14-15H2,1H3. The molecule has 0 spiro atoms. The lowest BCUT2D eigenvalue weighted by Crippen LogP contribution is -2.17. The van der Waals surface area contributed by atoms with E-state index in [9.17, 15) is 4.79 Å². The third-order valence-electron chi connectivity index (χ3n) is 5.45. The van der Waals surface area contributed by atoms with Crippen molar-refractivity contribution < 1.29 is 9.53 Å². The largest absolute Gasteiger partial charge is 0.468 e. The van der Waals surface area contributed by atoms with Crippen molar-refractivity contribution in [3.63, 3.8) is 0 Å². The summed E-state index contributed by atoms with van der Waals surface area (Å²) in [4.78, 5) is 11.6. The van der Waals surface area contributed by atoms with Gasteiger partial charge >= 0.3 is 5.97 Å². The van der Waals surface area contributed by atoms with Gasteiger partial charge < -0.3 is 9.30 Å². The number of ether oxygens (including phenoxy) is 1. The van der Waals surface area contributed by atoms with Crippen LogP contribution >= 0.6 is 11.8 Å². The summed E-state index contributed by atoms with van der Waals surface area (Å²) >= 11 is 1.42. The van der Waals surface area contributed by atoms with Gasteiger partial charge in [0.25, 0.3) is 0 Å². The van der Waals surface area contributed by atoms with Gasteiger partial charge in [0.15, 0.2) is 5.16 Å².